The molecule has 6 aliphatic rings. The number of halogens is 1. The molecule has 1 aromatic rings. The van der Waals surface area contributed by atoms with Crippen LogP contribution in [0, 0.1) is 28.6 Å². The van der Waals surface area contributed by atoms with Gasteiger partial charge in [0.1, 0.15) is 25.1 Å². The molecule has 0 radical (unpaired) electrons. The second-order valence-electron chi connectivity index (χ2n) is 15.7. The average molecular weight is 717 g/mol. The van der Waals surface area contributed by atoms with Crippen LogP contribution in [0.1, 0.15) is 82.0 Å². The van der Waals surface area contributed by atoms with E-state index in [0.717, 1.165) is 18.3 Å². The molecule has 12 heteroatoms. The van der Waals surface area contributed by atoms with Crippen LogP contribution in [0.5, 0.6) is 0 Å². The zero-order valence-electron chi connectivity index (χ0n) is 29.2. The number of esters is 2. The summed E-state index contributed by atoms with van der Waals surface area (Å²) in [5.41, 5.74) is -2.51. The van der Waals surface area contributed by atoms with Crippen molar-refractivity contribution >= 4 is 29.8 Å². The normalized spacial score (nSPS) is 45.5. The zero-order chi connectivity index (χ0) is 35.6. The maximum absolute atomic E-state index is 13.3. The first-order chi connectivity index (χ1) is 23.8. The fourth-order valence-electron chi connectivity index (χ4n) is 11.2. The number of carbonyl (C=O) groups is 3. The minimum atomic E-state index is -1.32. The summed E-state index contributed by atoms with van der Waals surface area (Å²) in [5, 5.41) is 25.5. The molecule has 11 nitrogen and oxygen atoms in total. The van der Waals surface area contributed by atoms with Gasteiger partial charge in [-0.3, -0.25) is 0 Å². The summed E-state index contributed by atoms with van der Waals surface area (Å²) in [6, 6.07) is 6.41. The number of hydrogen-bond donors (Lipinski definition) is 2. The highest BCUT2D eigenvalue weighted by Gasteiger charge is 2.71. The smallest absolute Gasteiger partial charge is 0.338 e. The van der Waals surface area contributed by atoms with Crippen molar-refractivity contribution in [2.75, 3.05) is 20.8 Å². The molecule has 0 bridgehead atoms. The number of fused-ring (bicyclic) bond motifs is 5. The predicted octanol–water partition coefficient (Wildman–Crippen LogP) is 4.58. The number of aliphatic hydroxyl groups is 2. The monoisotopic (exact) mass is 716 g/mol. The third-order valence-corrected chi connectivity index (χ3v) is 14.0. The van der Waals surface area contributed by atoms with Crippen molar-refractivity contribution in [3.05, 3.63) is 46.5 Å². The highest BCUT2D eigenvalue weighted by molar-refractivity contribution is 6.30. The molecule has 13 atom stereocenters. The van der Waals surface area contributed by atoms with E-state index >= 15 is 0 Å². The van der Waals surface area contributed by atoms with E-state index in [2.05, 4.69) is 6.92 Å². The van der Waals surface area contributed by atoms with E-state index in [1.54, 1.807) is 37.3 Å². The van der Waals surface area contributed by atoms with Crippen LogP contribution >= 0.6 is 11.6 Å². The summed E-state index contributed by atoms with van der Waals surface area (Å²) in [6.45, 7) is 4.19. The Morgan fingerprint density at radius 1 is 0.960 bits per heavy atom. The number of cyclic esters (lactones) is 1. The molecule has 50 heavy (non-hydrogen) atoms. The fourth-order valence-corrected chi connectivity index (χ4v) is 11.3. The summed E-state index contributed by atoms with van der Waals surface area (Å²) in [7, 11) is 3.03. The summed E-state index contributed by atoms with van der Waals surface area (Å²) in [5.74, 6) is -1.16. The van der Waals surface area contributed by atoms with Gasteiger partial charge in [0.15, 0.2) is 12.4 Å². The molecular formula is C38H49ClO11. The molecule has 7 rings (SSSR count). The summed E-state index contributed by atoms with van der Waals surface area (Å²) in [6.07, 6.45) is 3.22. The van der Waals surface area contributed by atoms with Gasteiger partial charge in [0.25, 0.3) is 0 Å². The number of ether oxygens (including phenoxy) is 6. The molecule has 2 heterocycles. The van der Waals surface area contributed by atoms with Crippen molar-refractivity contribution < 1.29 is 53.0 Å². The molecule has 1 saturated heterocycles. The van der Waals surface area contributed by atoms with Crippen molar-refractivity contribution in [3.63, 3.8) is 0 Å². The second kappa shape index (κ2) is 13.2. The summed E-state index contributed by atoms with van der Waals surface area (Å²) < 4.78 is 35.6. The molecule has 2 N–H and O–H groups in total. The largest absolute Gasteiger partial charge is 0.458 e. The topological polar surface area (TPSA) is 147 Å². The molecule has 0 spiro atoms. The average Bonchev–Trinajstić information content (AvgIpc) is 3.64. The predicted molar refractivity (Wildman–Crippen MR) is 179 cm³/mol. The second-order valence-corrected chi connectivity index (χ2v) is 16.2. The van der Waals surface area contributed by atoms with Crippen molar-refractivity contribution in [1.29, 1.82) is 0 Å². The van der Waals surface area contributed by atoms with E-state index in [1.807, 2.05) is 0 Å². The first-order valence-corrected chi connectivity index (χ1v) is 18.3. The van der Waals surface area contributed by atoms with Crippen LogP contribution in [0.2, 0.25) is 5.02 Å². The molecule has 0 aromatic heterocycles. The Balaban J connectivity index is 1.06. The van der Waals surface area contributed by atoms with Crippen LogP contribution in [-0.4, -0.2) is 97.3 Å². The molecular weight excluding hydrogens is 668 g/mol. The van der Waals surface area contributed by atoms with E-state index in [-0.39, 0.29) is 36.8 Å². The maximum atomic E-state index is 13.3. The van der Waals surface area contributed by atoms with E-state index < -0.39 is 64.8 Å². The first-order valence-electron chi connectivity index (χ1n) is 17.9. The quantitative estimate of drug-likeness (QED) is 0.222. The van der Waals surface area contributed by atoms with Crippen LogP contribution in [0.3, 0.4) is 0 Å². The maximum Gasteiger partial charge on any atom is 0.338 e. The van der Waals surface area contributed by atoms with Crippen molar-refractivity contribution in [2.24, 2.45) is 28.6 Å². The fraction of sp³-hybridized carbons (Fsp3) is 0.711. The van der Waals surface area contributed by atoms with Crippen molar-refractivity contribution in [1.82, 2.24) is 0 Å². The lowest BCUT2D eigenvalue weighted by atomic mass is 9.41. The molecule has 0 amide bonds. The number of methoxy groups -OCH3 is 2. The van der Waals surface area contributed by atoms with E-state index in [0.29, 0.717) is 55.5 Å². The Morgan fingerprint density at radius 2 is 1.68 bits per heavy atom. The van der Waals surface area contributed by atoms with Crippen LogP contribution < -0.4 is 0 Å². The number of carbonyl (C=O) groups excluding carboxylic acids is 3. The Morgan fingerprint density at radius 3 is 2.34 bits per heavy atom. The molecule has 2 aliphatic heterocycles. The lowest BCUT2D eigenvalue weighted by molar-refractivity contribution is -0.322. The molecule has 0 unspecified atom stereocenters. The Hall–Kier alpha value is -2.38. The van der Waals surface area contributed by atoms with Gasteiger partial charge in [-0.2, -0.15) is 0 Å². The molecule has 4 aliphatic carbocycles. The standard InChI is InChI=1S/C38H49ClO11/c1-21-30(50-33(42)22-5-7-24(39)8-6-22)31(45-3)32(46-4)34(48-21)49-25-9-14-36(20-40)27-10-13-35(2)26(23-17-29(41)47-19-23)12-16-38(35,44)28(27)11-15-37(36,43)18-25/h5-8,17,20-21,25-28,30-32,34,43-44H,9-16,18-19H2,1-4H3/t21-,25+,26-,27+,28-,30+,31+,32-,34+,35-,36+,37+,38+/m1/s1. The third kappa shape index (κ3) is 5.49. The molecule has 274 valence electrons. The molecule has 5 fully saturated rings. The van der Waals surface area contributed by atoms with E-state index in [1.165, 1.54) is 14.2 Å². The van der Waals surface area contributed by atoms with Gasteiger partial charge in [-0.15, -0.1) is 0 Å². The Kier molecular flexibility index (Phi) is 9.53. The minimum Gasteiger partial charge on any atom is -0.458 e. The van der Waals surface area contributed by atoms with Crippen LogP contribution in [0.4, 0.5) is 0 Å². The van der Waals surface area contributed by atoms with Crippen molar-refractivity contribution in [3.8, 4) is 0 Å². The van der Waals surface area contributed by atoms with Crippen LogP contribution in [0.15, 0.2) is 35.9 Å². The van der Waals surface area contributed by atoms with E-state index in [9.17, 15) is 24.6 Å². The van der Waals surface area contributed by atoms with Gasteiger partial charge < -0.3 is 43.4 Å². The number of benzene rings is 1. The van der Waals surface area contributed by atoms with Gasteiger partial charge in [-0.1, -0.05) is 18.5 Å². The lowest BCUT2D eigenvalue weighted by Gasteiger charge is -2.65. The first kappa shape index (κ1) is 36.0. The SMILES string of the molecule is CO[C@H]1[C@@H](OC(=O)c2ccc(Cl)cc2)[C@@H](C)O[C@@H](O[C@H]2CC[C@]3(C=O)[C@H]4CC[C@]5(C)[C@@H](C6=CC(=O)OC6)CC[C@]5(O)[C@@H]4CC[C@]3(O)C2)[C@@H]1OC. The summed E-state index contributed by atoms with van der Waals surface area (Å²) in [4.78, 5) is 38.2. The van der Waals surface area contributed by atoms with Gasteiger partial charge in [-0.25, -0.2) is 9.59 Å². The minimum absolute atomic E-state index is 0.0418. The molecule has 1 aromatic carbocycles. The number of rotatable bonds is 8. The van der Waals surface area contributed by atoms with Gasteiger partial charge in [0, 0.05) is 37.2 Å². The number of aldehydes is 1. The Bertz CT molecular complexity index is 1520. The number of hydrogen-bond acceptors (Lipinski definition) is 11. The Labute approximate surface area is 297 Å². The van der Waals surface area contributed by atoms with Gasteiger partial charge >= 0.3 is 11.9 Å². The molecule has 4 saturated carbocycles. The zero-order valence-corrected chi connectivity index (χ0v) is 29.9. The highest BCUT2D eigenvalue weighted by Crippen LogP contribution is 2.70. The van der Waals surface area contributed by atoms with Gasteiger partial charge in [-0.05, 0) is 106 Å². The van der Waals surface area contributed by atoms with Crippen LogP contribution in [0.25, 0.3) is 0 Å². The highest BCUT2D eigenvalue weighted by atomic mass is 35.5. The summed E-state index contributed by atoms with van der Waals surface area (Å²) >= 11 is 5.98. The van der Waals surface area contributed by atoms with Gasteiger partial charge in [0.05, 0.1) is 34.4 Å². The van der Waals surface area contributed by atoms with Crippen LogP contribution in [-0.2, 0) is 38.0 Å². The van der Waals surface area contributed by atoms with Crippen molar-refractivity contribution in [2.45, 2.75) is 120 Å². The lowest BCUT2D eigenvalue weighted by Crippen LogP contribution is -2.69. The van der Waals surface area contributed by atoms with Gasteiger partial charge in [0.2, 0.25) is 0 Å². The third-order valence-electron chi connectivity index (χ3n) is 13.8. The van der Waals surface area contributed by atoms with E-state index in [4.69, 9.17) is 40.0 Å².